The van der Waals surface area contributed by atoms with E-state index >= 15 is 0 Å². The molecular formula is C21H21N3O4S2. The molecule has 1 amide bonds. The molecule has 0 spiro atoms. The predicted octanol–water partition coefficient (Wildman–Crippen LogP) is 2.65. The zero-order chi connectivity index (χ0) is 20.7. The van der Waals surface area contributed by atoms with Gasteiger partial charge in [0.2, 0.25) is 12.7 Å². The summed E-state index contributed by atoms with van der Waals surface area (Å²) in [5.74, 6) is 2.15. The lowest BCUT2D eigenvalue weighted by Gasteiger charge is -2.43. The highest BCUT2D eigenvalue weighted by atomic mass is 32.2. The van der Waals surface area contributed by atoms with Gasteiger partial charge in [0.05, 0.1) is 5.75 Å². The molecule has 1 aromatic carbocycles. The molecule has 0 radical (unpaired) electrons. The van der Waals surface area contributed by atoms with Gasteiger partial charge in [0.1, 0.15) is 4.32 Å². The van der Waals surface area contributed by atoms with Crippen molar-refractivity contribution in [2.45, 2.75) is 18.9 Å². The predicted molar refractivity (Wildman–Crippen MR) is 119 cm³/mol. The lowest BCUT2D eigenvalue weighted by atomic mass is 9.83. The lowest BCUT2D eigenvalue weighted by Crippen LogP contribution is -2.48. The maximum Gasteiger partial charge on any atom is 0.250 e. The lowest BCUT2D eigenvalue weighted by molar-refractivity contribution is -0.113. The second-order valence-corrected chi connectivity index (χ2v) is 9.38. The molecule has 9 heteroatoms. The van der Waals surface area contributed by atoms with Crippen LogP contribution in [0.1, 0.15) is 18.0 Å². The Kier molecular flexibility index (Phi) is 5.16. The van der Waals surface area contributed by atoms with Gasteiger partial charge in [-0.25, -0.2) is 0 Å². The Balaban J connectivity index is 1.17. The Morgan fingerprint density at radius 2 is 2.03 bits per heavy atom. The second kappa shape index (κ2) is 7.96. The number of nitrogens with zero attached hydrogens (tertiary/aromatic N) is 2. The van der Waals surface area contributed by atoms with Gasteiger partial charge in [0, 0.05) is 49.1 Å². The summed E-state index contributed by atoms with van der Waals surface area (Å²) in [6.45, 7) is 2.55. The number of aromatic nitrogens is 1. The molecule has 0 aliphatic carbocycles. The first kappa shape index (κ1) is 19.4. The van der Waals surface area contributed by atoms with Crippen molar-refractivity contribution < 1.29 is 14.3 Å². The molecule has 2 atom stereocenters. The number of piperidine rings is 1. The van der Waals surface area contributed by atoms with Crippen molar-refractivity contribution in [3.05, 3.63) is 52.4 Å². The van der Waals surface area contributed by atoms with Crippen LogP contribution in [0.5, 0.6) is 11.5 Å². The Morgan fingerprint density at radius 3 is 2.93 bits per heavy atom. The van der Waals surface area contributed by atoms with Crippen LogP contribution in [0.25, 0.3) is 0 Å². The van der Waals surface area contributed by atoms with Gasteiger partial charge >= 0.3 is 0 Å². The van der Waals surface area contributed by atoms with Crippen LogP contribution in [0.4, 0.5) is 5.69 Å². The Labute approximate surface area is 183 Å². The van der Waals surface area contributed by atoms with Gasteiger partial charge in [0.25, 0.3) is 5.56 Å². The third-order valence-corrected chi connectivity index (χ3v) is 7.24. The molecule has 1 aromatic heterocycles. The number of likely N-dealkylation sites (tertiary alicyclic amines) is 1. The number of nitrogens with one attached hydrogen (secondary N) is 1. The molecular weight excluding hydrogens is 422 g/mol. The molecule has 1 saturated heterocycles. The highest BCUT2D eigenvalue weighted by Gasteiger charge is 2.35. The number of fused-ring (bicyclic) bond motifs is 5. The van der Waals surface area contributed by atoms with E-state index in [9.17, 15) is 9.59 Å². The number of benzene rings is 1. The Bertz CT molecular complexity index is 1070. The molecule has 1 fully saturated rings. The standard InChI is InChI=1S/C21H21N3O4S2/c25-19(22-15-4-5-17-18(7-15)28-12-27-17)11-30-21(29)23-8-13-6-14(10-23)16-2-1-3-20(26)24(16)9-13/h1-5,7,13-14H,6,8-12H2,(H,22,25)/t13-,14-/m1/s1. The molecule has 5 rings (SSSR count). The van der Waals surface area contributed by atoms with Gasteiger partial charge in [-0.05, 0) is 30.5 Å². The summed E-state index contributed by atoms with van der Waals surface area (Å²) in [4.78, 5) is 26.7. The van der Waals surface area contributed by atoms with Crippen LogP contribution in [0, 0.1) is 5.92 Å². The van der Waals surface area contributed by atoms with Crippen molar-refractivity contribution in [1.82, 2.24) is 9.47 Å². The molecule has 2 aromatic rings. The number of thiocarbonyl (C=S) groups is 1. The smallest absolute Gasteiger partial charge is 0.250 e. The molecule has 0 unspecified atom stereocenters. The van der Waals surface area contributed by atoms with Gasteiger partial charge < -0.3 is 24.3 Å². The summed E-state index contributed by atoms with van der Waals surface area (Å²) in [6.07, 6.45) is 1.08. The van der Waals surface area contributed by atoms with Crippen LogP contribution in [0.2, 0.25) is 0 Å². The van der Waals surface area contributed by atoms with Crippen molar-refractivity contribution in [3.63, 3.8) is 0 Å². The highest BCUT2D eigenvalue weighted by molar-refractivity contribution is 8.23. The summed E-state index contributed by atoms with van der Waals surface area (Å²) < 4.78 is 13.3. The van der Waals surface area contributed by atoms with E-state index in [4.69, 9.17) is 21.7 Å². The van der Waals surface area contributed by atoms with Gasteiger partial charge in [-0.1, -0.05) is 30.0 Å². The fourth-order valence-corrected chi connectivity index (χ4v) is 5.42. The first-order chi connectivity index (χ1) is 14.6. The molecule has 4 heterocycles. The van der Waals surface area contributed by atoms with Gasteiger partial charge in [-0.3, -0.25) is 9.59 Å². The number of thioether (sulfide) groups is 1. The maximum absolute atomic E-state index is 12.4. The molecule has 30 heavy (non-hydrogen) atoms. The van der Waals surface area contributed by atoms with Crippen LogP contribution < -0.4 is 20.3 Å². The van der Waals surface area contributed by atoms with Gasteiger partial charge in [0.15, 0.2) is 11.5 Å². The molecule has 0 saturated carbocycles. The van der Waals surface area contributed by atoms with E-state index in [1.54, 1.807) is 24.3 Å². The van der Waals surface area contributed by atoms with E-state index in [1.807, 2.05) is 16.7 Å². The molecule has 3 aliphatic heterocycles. The Hall–Kier alpha value is -2.52. The van der Waals surface area contributed by atoms with Crippen molar-refractivity contribution in [2.24, 2.45) is 5.92 Å². The van der Waals surface area contributed by atoms with Gasteiger partial charge in [-0.15, -0.1) is 0 Å². The first-order valence-electron chi connectivity index (χ1n) is 9.88. The van der Waals surface area contributed by atoms with Crippen LogP contribution in [0.15, 0.2) is 41.2 Å². The van der Waals surface area contributed by atoms with Crippen molar-refractivity contribution in [3.8, 4) is 11.5 Å². The summed E-state index contributed by atoms with van der Waals surface area (Å²) in [5, 5.41) is 2.88. The monoisotopic (exact) mass is 443 g/mol. The second-order valence-electron chi connectivity index (χ2n) is 7.77. The van der Waals surface area contributed by atoms with E-state index in [1.165, 1.54) is 11.8 Å². The highest BCUT2D eigenvalue weighted by Crippen LogP contribution is 2.36. The zero-order valence-electron chi connectivity index (χ0n) is 16.2. The largest absolute Gasteiger partial charge is 0.454 e. The average molecular weight is 444 g/mol. The van der Waals surface area contributed by atoms with E-state index in [2.05, 4.69) is 10.2 Å². The third-order valence-electron chi connectivity index (χ3n) is 5.72. The SMILES string of the molecule is O=C(CSC(=S)N1C[C@H]2C[C@H](C1)c1cccc(=O)n1C2)Nc1ccc2c(c1)OCO2. The maximum atomic E-state index is 12.4. The number of hydrogen-bond acceptors (Lipinski definition) is 6. The minimum atomic E-state index is -0.115. The van der Waals surface area contributed by atoms with Gasteiger partial charge in [-0.2, -0.15) is 0 Å². The van der Waals surface area contributed by atoms with Crippen LogP contribution >= 0.6 is 24.0 Å². The zero-order valence-corrected chi connectivity index (χ0v) is 17.8. The van der Waals surface area contributed by atoms with Crippen molar-refractivity contribution in [2.75, 3.05) is 31.0 Å². The quantitative estimate of drug-likeness (QED) is 0.731. The minimum Gasteiger partial charge on any atom is -0.454 e. The Morgan fingerprint density at radius 1 is 1.17 bits per heavy atom. The number of ether oxygens (including phenoxy) is 2. The summed E-state index contributed by atoms with van der Waals surface area (Å²) in [5.41, 5.74) is 1.84. The molecule has 7 nitrogen and oxygen atoms in total. The number of carbonyl (C=O) groups excluding carboxylic acids is 1. The van der Waals surface area contributed by atoms with Crippen LogP contribution in [-0.4, -0.2) is 45.3 Å². The number of amides is 1. The molecule has 2 bridgehead atoms. The topological polar surface area (TPSA) is 72.8 Å². The third kappa shape index (κ3) is 3.79. The first-order valence-corrected chi connectivity index (χ1v) is 11.3. The minimum absolute atomic E-state index is 0.0767. The van der Waals surface area contributed by atoms with Crippen LogP contribution in [-0.2, 0) is 11.3 Å². The molecule has 1 N–H and O–H groups in total. The summed E-state index contributed by atoms with van der Waals surface area (Å²) >= 11 is 7.01. The van der Waals surface area contributed by atoms with E-state index < -0.39 is 0 Å². The van der Waals surface area contributed by atoms with Crippen molar-refractivity contribution >= 4 is 39.9 Å². The van der Waals surface area contributed by atoms with E-state index in [0.29, 0.717) is 29.0 Å². The molecule has 156 valence electrons. The summed E-state index contributed by atoms with van der Waals surface area (Å²) in [6, 6.07) is 10.8. The van der Waals surface area contributed by atoms with Crippen LogP contribution in [0.3, 0.4) is 0 Å². The fourth-order valence-electron chi connectivity index (χ4n) is 4.44. The van der Waals surface area contributed by atoms with E-state index in [0.717, 1.165) is 36.1 Å². The van der Waals surface area contributed by atoms with Crippen molar-refractivity contribution in [1.29, 1.82) is 0 Å². The number of carbonyl (C=O) groups is 1. The fraction of sp³-hybridized carbons (Fsp3) is 0.381. The number of rotatable bonds is 3. The average Bonchev–Trinajstić information content (AvgIpc) is 3.20. The normalized spacial score (nSPS) is 21.1. The number of pyridine rings is 1. The van der Waals surface area contributed by atoms with E-state index in [-0.39, 0.29) is 24.0 Å². The number of hydrogen-bond donors (Lipinski definition) is 1. The number of anilines is 1. The molecule has 3 aliphatic rings. The summed E-state index contributed by atoms with van der Waals surface area (Å²) in [7, 11) is 0.